The molecule has 0 aromatic heterocycles. The van der Waals surface area contributed by atoms with Crippen LogP contribution in [0, 0.1) is 11.3 Å². The van der Waals surface area contributed by atoms with E-state index in [9.17, 15) is 0 Å². The second kappa shape index (κ2) is 9.45. The zero-order chi connectivity index (χ0) is 19.3. The molecule has 152 valence electrons. The molecule has 0 bridgehead atoms. The zero-order valence-corrected chi connectivity index (χ0v) is 18.3. The molecule has 1 saturated carbocycles. The van der Waals surface area contributed by atoms with Crippen LogP contribution in [0.4, 0.5) is 5.69 Å². The van der Waals surface area contributed by atoms with E-state index in [4.69, 9.17) is 0 Å². The molecule has 1 aliphatic carbocycles. The second-order valence-electron chi connectivity index (χ2n) is 9.89. The van der Waals surface area contributed by atoms with E-state index in [1.54, 1.807) is 5.56 Å². The van der Waals surface area contributed by atoms with Crippen LogP contribution in [-0.4, -0.2) is 37.6 Å². The lowest BCUT2D eigenvalue weighted by atomic mass is 9.75. The molecule has 0 spiro atoms. The number of anilines is 1. The summed E-state index contributed by atoms with van der Waals surface area (Å²) in [6.07, 6.45) is 9.45. The Kier molecular flexibility index (Phi) is 7.25. The van der Waals surface area contributed by atoms with Crippen molar-refractivity contribution in [3.05, 3.63) is 29.8 Å². The average Bonchev–Trinajstić information content (AvgIpc) is 3.46. The highest BCUT2D eigenvalue weighted by molar-refractivity contribution is 5.55. The summed E-state index contributed by atoms with van der Waals surface area (Å²) in [5.41, 5.74) is 3.57. The van der Waals surface area contributed by atoms with Crippen LogP contribution < -0.4 is 4.90 Å². The maximum Gasteiger partial charge on any atom is 0.0402 e. The van der Waals surface area contributed by atoms with Crippen molar-refractivity contribution in [1.82, 2.24) is 4.90 Å². The smallest absolute Gasteiger partial charge is 0.0402 e. The van der Waals surface area contributed by atoms with Gasteiger partial charge in [0, 0.05) is 38.4 Å². The van der Waals surface area contributed by atoms with E-state index < -0.39 is 0 Å². The number of nitrogens with zero attached hydrogens (tertiary/aromatic N) is 2. The standard InChI is InChI=1S/C25H42N2/c1-5-9-22(19-25(3,4)14-6-2)23-10-7-8-11-24(23)27-17-15-26(16-18-27)20-21-12-13-21/h7-8,10-11,21-22H,5-6,9,12-20H2,1-4H3. The first kappa shape index (κ1) is 20.7. The lowest BCUT2D eigenvalue weighted by molar-refractivity contribution is 0.247. The quantitative estimate of drug-likeness (QED) is 0.475. The minimum Gasteiger partial charge on any atom is -0.369 e. The van der Waals surface area contributed by atoms with Crippen LogP contribution in [0.1, 0.15) is 84.1 Å². The minimum atomic E-state index is 0.435. The monoisotopic (exact) mass is 370 g/mol. The van der Waals surface area contributed by atoms with Crippen molar-refractivity contribution in [3.63, 3.8) is 0 Å². The second-order valence-corrected chi connectivity index (χ2v) is 9.89. The Hall–Kier alpha value is -1.02. The van der Waals surface area contributed by atoms with Gasteiger partial charge in [-0.3, -0.25) is 4.90 Å². The van der Waals surface area contributed by atoms with Crippen LogP contribution in [0.2, 0.25) is 0 Å². The average molecular weight is 371 g/mol. The predicted octanol–water partition coefficient (Wildman–Crippen LogP) is 6.32. The fourth-order valence-corrected chi connectivity index (χ4v) is 5.12. The minimum absolute atomic E-state index is 0.435. The number of hydrogen-bond acceptors (Lipinski definition) is 2. The first-order chi connectivity index (χ1) is 13.0. The van der Waals surface area contributed by atoms with E-state index in [0.717, 1.165) is 5.92 Å². The van der Waals surface area contributed by atoms with Crippen molar-refractivity contribution < 1.29 is 0 Å². The van der Waals surface area contributed by atoms with Gasteiger partial charge in [-0.05, 0) is 61.0 Å². The van der Waals surface area contributed by atoms with Crippen molar-refractivity contribution in [2.75, 3.05) is 37.6 Å². The SMILES string of the molecule is CCCC(CC(C)(C)CCC)c1ccccc1N1CCN(CC2CC2)CC1. The molecule has 1 aromatic carbocycles. The Bertz CT molecular complexity index is 567. The Balaban J connectivity index is 1.71. The number of piperazine rings is 1. The summed E-state index contributed by atoms with van der Waals surface area (Å²) in [5.74, 6) is 1.70. The van der Waals surface area contributed by atoms with Crippen molar-refractivity contribution in [2.45, 2.75) is 78.6 Å². The van der Waals surface area contributed by atoms with Gasteiger partial charge >= 0.3 is 0 Å². The van der Waals surface area contributed by atoms with Gasteiger partial charge in [0.25, 0.3) is 0 Å². The predicted molar refractivity (Wildman–Crippen MR) is 119 cm³/mol. The van der Waals surface area contributed by atoms with Crippen LogP contribution in [0.15, 0.2) is 24.3 Å². The van der Waals surface area contributed by atoms with E-state index in [1.165, 1.54) is 83.4 Å². The lowest BCUT2D eigenvalue weighted by Gasteiger charge is -2.39. The molecule has 2 fully saturated rings. The van der Waals surface area contributed by atoms with Crippen molar-refractivity contribution in [3.8, 4) is 0 Å². The van der Waals surface area contributed by atoms with Crippen LogP contribution in [-0.2, 0) is 0 Å². The van der Waals surface area contributed by atoms with Gasteiger partial charge in [-0.15, -0.1) is 0 Å². The molecule has 3 rings (SSSR count). The van der Waals surface area contributed by atoms with Gasteiger partial charge in [-0.2, -0.15) is 0 Å². The molecule has 2 aliphatic rings. The van der Waals surface area contributed by atoms with E-state index in [-0.39, 0.29) is 0 Å². The Morgan fingerprint density at radius 1 is 1.00 bits per heavy atom. The molecular weight excluding hydrogens is 328 g/mol. The topological polar surface area (TPSA) is 6.48 Å². The molecule has 2 heteroatoms. The van der Waals surface area contributed by atoms with E-state index >= 15 is 0 Å². The van der Waals surface area contributed by atoms with Gasteiger partial charge in [0.05, 0.1) is 0 Å². The summed E-state index contributed by atoms with van der Waals surface area (Å²) in [4.78, 5) is 5.37. The van der Waals surface area contributed by atoms with E-state index in [0.29, 0.717) is 11.3 Å². The van der Waals surface area contributed by atoms with Crippen molar-refractivity contribution >= 4 is 5.69 Å². The number of hydrogen-bond donors (Lipinski definition) is 0. The Labute approximate surface area is 168 Å². The molecule has 1 heterocycles. The number of benzene rings is 1. The van der Waals surface area contributed by atoms with Gasteiger partial charge in [-0.25, -0.2) is 0 Å². The number of rotatable bonds is 10. The maximum atomic E-state index is 2.70. The maximum absolute atomic E-state index is 2.70. The van der Waals surface area contributed by atoms with Crippen LogP contribution in [0.5, 0.6) is 0 Å². The first-order valence-electron chi connectivity index (χ1n) is 11.6. The van der Waals surface area contributed by atoms with Crippen molar-refractivity contribution in [1.29, 1.82) is 0 Å². The molecule has 0 amide bonds. The van der Waals surface area contributed by atoms with Gasteiger partial charge in [0.1, 0.15) is 0 Å². The molecule has 1 saturated heterocycles. The Morgan fingerprint density at radius 2 is 1.70 bits per heavy atom. The third-order valence-electron chi connectivity index (χ3n) is 6.67. The first-order valence-corrected chi connectivity index (χ1v) is 11.6. The molecule has 2 nitrogen and oxygen atoms in total. The van der Waals surface area contributed by atoms with E-state index in [1.807, 2.05) is 0 Å². The summed E-state index contributed by atoms with van der Waals surface area (Å²) in [6.45, 7) is 15.8. The molecule has 1 atom stereocenters. The Morgan fingerprint density at radius 3 is 2.33 bits per heavy atom. The molecule has 1 aromatic rings. The van der Waals surface area contributed by atoms with E-state index in [2.05, 4.69) is 61.8 Å². The van der Waals surface area contributed by atoms with Gasteiger partial charge in [-0.1, -0.05) is 58.7 Å². The third kappa shape index (κ3) is 5.98. The molecule has 0 N–H and O–H groups in total. The van der Waals surface area contributed by atoms with Crippen LogP contribution >= 0.6 is 0 Å². The summed E-state index contributed by atoms with van der Waals surface area (Å²) < 4.78 is 0. The van der Waals surface area contributed by atoms with Crippen molar-refractivity contribution in [2.24, 2.45) is 11.3 Å². The summed E-state index contributed by atoms with van der Waals surface area (Å²) >= 11 is 0. The largest absolute Gasteiger partial charge is 0.369 e. The summed E-state index contributed by atoms with van der Waals surface area (Å²) in [5, 5.41) is 0. The third-order valence-corrected chi connectivity index (χ3v) is 6.67. The van der Waals surface area contributed by atoms with Gasteiger partial charge < -0.3 is 4.90 Å². The van der Waals surface area contributed by atoms with Gasteiger partial charge in [0.2, 0.25) is 0 Å². The molecule has 1 unspecified atom stereocenters. The fourth-order valence-electron chi connectivity index (χ4n) is 5.12. The summed E-state index contributed by atoms with van der Waals surface area (Å²) in [6, 6.07) is 9.32. The lowest BCUT2D eigenvalue weighted by Crippen LogP contribution is -2.47. The molecular formula is C25H42N2. The summed E-state index contributed by atoms with van der Waals surface area (Å²) in [7, 11) is 0. The zero-order valence-electron chi connectivity index (χ0n) is 18.3. The highest BCUT2D eigenvalue weighted by atomic mass is 15.3. The van der Waals surface area contributed by atoms with Crippen LogP contribution in [0.25, 0.3) is 0 Å². The number of para-hydroxylation sites is 1. The highest BCUT2D eigenvalue weighted by Gasteiger charge is 2.29. The molecule has 1 aliphatic heterocycles. The van der Waals surface area contributed by atoms with Gasteiger partial charge in [0.15, 0.2) is 0 Å². The van der Waals surface area contributed by atoms with Crippen LogP contribution in [0.3, 0.4) is 0 Å². The fraction of sp³-hybridized carbons (Fsp3) is 0.760. The highest BCUT2D eigenvalue weighted by Crippen LogP contribution is 2.41. The molecule has 27 heavy (non-hydrogen) atoms. The normalized spacial score (nSPS) is 20.1. The molecule has 0 radical (unpaired) electrons.